The molecule has 0 bridgehead atoms. The van der Waals surface area contributed by atoms with E-state index in [1.807, 2.05) is 0 Å². The number of halogens is 1. The number of rotatable bonds is 8. The van der Waals surface area contributed by atoms with E-state index < -0.39 is 33.6 Å². The second-order valence-corrected chi connectivity index (χ2v) is 7.51. The summed E-state index contributed by atoms with van der Waals surface area (Å²) in [4.78, 5) is 22.3. The van der Waals surface area contributed by atoms with E-state index in [2.05, 4.69) is 26.0 Å². The van der Waals surface area contributed by atoms with Gasteiger partial charge in [-0.25, -0.2) is 13.2 Å². The highest BCUT2D eigenvalue weighted by Gasteiger charge is 2.21. The zero-order valence-electron chi connectivity index (χ0n) is 11.8. The lowest BCUT2D eigenvalue weighted by Crippen LogP contribution is -2.40. The monoisotopic (exact) mass is 393 g/mol. The molecule has 1 aromatic rings. The third-order valence-corrected chi connectivity index (χ3v) is 4.64. The maximum absolute atomic E-state index is 11.9. The predicted molar refractivity (Wildman–Crippen MR) is 83.1 cm³/mol. The van der Waals surface area contributed by atoms with Crippen molar-refractivity contribution in [3.8, 4) is 0 Å². The molecule has 0 saturated heterocycles. The molecule has 1 unspecified atom stereocenters. The molecular formula is C13H16BrNO6S. The van der Waals surface area contributed by atoms with Gasteiger partial charge in [-0.15, -0.1) is 0 Å². The van der Waals surface area contributed by atoms with Crippen LogP contribution in [0.1, 0.15) is 5.56 Å². The molecule has 1 rings (SSSR count). The molecule has 0 fully saturated rings. The number of carbonyl (C=O) groups is 2. The van der Waals surface area contributed by atoms with Gasteiger partial charge >= 0.3 is 5.97 Å². The topological polar surface area (TPSA) is 110 Å². The molecule has 7 nitrogen and oxygen atoms in total. The van der Waals surface area contributed by atoms with Gasteiger partial charge in [-0.1, -0.05) is 28.1 Å². The Morgan fingerprint density at radius 2 is 2.09 bits per heavy atom. The number of hydrogen-bond acceptors (Lipinski definition) is 5. The summed E-state index contributed by atoms with van der Waals surface area (Å²) in [5.41, 5.74) is 0.558. The average Bonchev–Trinajstić information content (AvgIpc) is 2.37. The van der Waals surface area contributed by atoms with Crippen LogP contribution in [0, 0.1) is 0 Å². The molecule has 0 aliphatic heterocycles. The minimum absolute atomic E-state index is 0.271. The van der Waals surface area contributed by atoms with Crippen molar-refractivity contribution in [2.24, 2.45) is 0 Å². The first kappa shape index (κ1) is 18.6. The van der Waals surface area contributed by atoms with E-state index in [-0.39, 0.29) is 12.3 Å². The number of carboxylic acid groups (broad SMARTS) is 1. The summed E-state index contributed by atoms with van der Waals surface area (Å²) in [6, 6.07) is 6.76. The number of aliphatic carboxylic acids is 1. The van der Waals surface area contributed by atoms with Gasteiger partial charge in [-0.2, -0.15) is 0 Å². The predicted octanol–water partition coefficient (Wildman–Crippen LogP) is 0.580. The van der Waals surface area contributed by atoms with Gasteiger partial charge in [0.15, 0.2) is 15.9 Å². The van der Waals surface area contributed by atoms with Crippen molar-refractivity contribution in [2.75, 3.05) is 19.4 Å². The molecular weight excluding hydrogens is 378 g/mol. The third kappa shape index (κ3) is 6.54. The van der Waals surface area contributed by atoms with Crippen molar-refractivity contribution in [2.45, 2.75) is 11.9 Å². The van der Waals surface area contributed by atoms with Gasteiger partial charge in [0.25, 0.3) is 0 Å². The van der Waals surface area contributed by atoms with Crippen LogP contribution in [0.5, 0.6) is 0 Å². The fraction of sp³-hybridized carbons (Fsp3) is 0.385. The van der Waals surface area contributed by atoms with Gasteiger partial charge < -0.3 is 15.2 Å². The van der Waals surface area contributed by atoms with E-state index in [0.29, 0.717) is 5.56 Å². The Morgan fingerprint density at radius 3 is 2.64 bits per heavy atom. The number of carbonyl (C=O) groups excluding carboxylic acids is 1. The van der Waals surface area contributed by atoms with Crippen LogP contribution in [0.2, 0.25) is 0 Å². The van der Waals surface area contributed by atoms with Crippen LogP contribution < -0.4 is 5.32 Å². The number of carboxylic acids is 1. The number of sulfone groups is 1. The van der Waals surface area contributed by atoms with Crippen LogP contribution in [-0.4, -0.2) is 50.9 Å². The number of nitrogens with one attached hydrogen (secondary N) is 1. The number of hydrogen-bond donors (Lipinski definition) is 2. The molecule has 0 aromatic heterocycles. The van der Waals surface area contributed by atoms with Crippen molar-refractivity contribution in [3.05, 3.63) is 34.3 Å². The van der Waals surface area contributed by atoms with Crippen LogP contribution in [-0.2, 0) is 29.9 Å². The molecule has 0 aliphatic rings. The van der Waals surface area contributed by atoms with E-state index in [4.69, 9.17) is 5.11 Å². The average molecular weight is 394 g/mol. The maximum atomic E-state index is 11.9. The molecule has 0 aliphatic carbocycles. The largest absolute Gasteiger partial charge is 0.479 e. The Morgan fingerprint density at radius 1 is 1.41 bits per heavy atom. The fourth-order valence-electron chi connectivity index (χ4n) is 1.66. The number of benzene rings is 1. The van der Waals surface area contributed by atoms with Crippen LogP contribution >= 0.6 is 15.9 Å². The molecule has 2 N–H and O–H groups in total. The second kappa shape index (κ2) is 8.25. The molecule has 9 heteroatoms. The third-order valence-electron chi connectivity index (χ3n) is 2.67. The Hall–Kier alpha value is -1.45. The summed E-state index contributed by atoms with van der Waals surface area (Å²) >= 11 is 3.24. The van der Waals surface area contributed by atoms with Gasteiger partial charge in [-0.3, -0.25) is 4.79 Å². The van der Waals surface area contributed by atoms with E-state index in [9.17, 15) is 18.0 Å². The summed E-state index contributed by atoms with van der Waals surface area (Å²) in [6.07, 6.45) is -1.21. The normalized spacial score (nSPS) is 12.6. The van der Waals surface area contributed by atoms with E-state index in [0.717, 1.165) is 4.47 Å². The SMILES string of the molecule is COC(CNC(=O)CS(=O)(=O)Cc1cccc(Br)c1)C(=O)O. The zero-order chi connectivity index (χ0) is 16.8. The Kier molecular flexibility index (Phi) is 6.98. The Labute approximate surface area is 136 Å². The van der Waals surface area contributed by atoms with Gasteiger partial charge in [0, 0.05) is 11.6 Å². The van der Waals surface area contributed by atoms with Gasteiger partial charge in [0.2, 0.25) is 5.91 Å². The molecule has 1 amide bonds. The first-order valence-corrected chi connectivity index (χ1v) is 8.82. The standard InChI is InChI=1S/C13H16BrNO6S/c1-21-11(13(17)18)6-15-12(16)8-22(19,20)7-9-3-2-4-10(14)5-9/h2-5,11H,6-8H2,1H3,(H,15,16)(H,17,18). The van der Waals surface area contributed by atoms with E-state index in [1.54, 1.807) is 24.3 Å². The zero-order valence-corrected chi connectivity index (χ0v) is 14.2. The van der Waals surface area contributed by atoms with Crippen LogP contribution in [0.3, 0.4) is 0 Å². The smallest absolute Gasteiger partial charge is 0.334 e. The van der Waals surface area contributed by atoms with Crippen LogP contribution in [0.4, 0.5) is 0 Å². The van der Waals surface area contributed by atoms with Crippen molar-refractivity contribution in [1.82, 2.24) is 5.32 Å². The van der Waals surface area contributed by atoms with Crippen LogP contribution in [0.15, 0.2) is 28.7 Å². The summed E-state index contributed by atoms with van der Waals surface area (Å²) in [5, 5.41) is 11.0. The van der Waals surface area contributed by atoms with E-state index >= 15 is 0 Å². The highest BCUT2D eigenvalue weighted by atomic mass is 79.9. The summed E-state index contributed by atoms with van der Waals surface area (Å²) < 4.78 is 29.3. The molecule has 122 valence electrons. The molecule has 22 heavy (non-hydrogen) atoms. The lowest BCUT2D eigenvalue weighted by Gasteiger charge is -2.11. The van der Waals surface area contributed by atoms with Crippen molar-refractivity contribution in [1.29, 1.82) is 0 Å². The summed E-state index contributed by atoms with van der Waals surface area (Å²) in [6.45, 7) is -0.295. The lowest BCUT2D eigenvalue weighted by atomic mass is 10.2. The van der Waals surface area contributed by atoms with Crippen LogP contribution in [0.25, 0.3) is 0 Å². The molecule has 0 heterocycles. The molecule has 0 spiro atoms. The Bertz CT molecular complexity index is 646. The second-order valence-electron chi connectivity index (χ2n) is 4.53. The van der Waals surface area contributed by atoms with Crippen molar-refractivity contribution >= 4 is 37.6 Å². The molecule has 1 aromatic carbocycles. The quantitative estimate of drug-likeness (QED) is 0.668. The lowest BCUT2D eigenvalue weighted by molar-refractivity contribution is -0.148. The van der Waals surface area contributed by atoms with Gasteiger partial charge in [0.1, 0.15) is 5.75 Å². The summed E-state index contributed by atoms with van der Waals surface area (Å²) in [5.74, 6) is -2.99. The van der Waals surface area contributed by atoms with Gasteiger partial charge in [-0.05, 0) is 17.7 Å². The van der Waals surface area contributed by atoms with Crippen molar-refractivity contribution < 1.29 is 27.9 Å². The minimum atomic E-state index is -3.65. The minimum Gasteiger partial charge on any atom is -0.479 e. The summed E-state index contributed by atoms with van der Waals surface area (Å²) in [7, 11) is -2.46. The highest BCUT2D eigenvalue weighted by molar-refractivity contribution is 9.10. The first-order valence-electron chi connectivity index (χ1n) is 6.20. The fourth-order valence-corrected chi connectivity index (χ4v) is 3.40. The number of methoxy groups -OCH3 is 1. The first-order chi connectivity index (χ1) is 10.2. The maximum Gasteiger partial charge on any atom is 0.334 e. The van der Waals surface area contributed by atoms with Gasteiger partial charge in [0.05, 0.1) is 12.3 Å². The van der Waals surface area contributed by atoms with E-state index in [1.165, 1.54) is 7.11 Å². The Balaban J connectivity index is 2.57. The molecule has 0 radical (unpaired) electrons. The molecule has 1 atom stereocenters. The molecule has 0 saturated carbocycles. The number of ether oxygens (including phenoxy) is 1. The van der Waals surface area contributed by atoms with Crippen molar-refractivity contribution in [3.63, 3.8) is 0 Å². The number of amides is 1. The highest BCUT2D eigenvalue weighted by Crippen LogP contribution is 2.14.